The van der Waals surface area contributed by atoms with E-state index in [4.69, 9.17) is 20.4 Å². The van der Waals surface area contributed by atoms with E-state index in [1.54, 1.807) is 0 Å². The van der Waals surface area contributed by atoms with Crippen LogP contribution < -0.4 is 0 Å². The van der Waals surface area contributed by atoms with Crippen LogP contribution in [-0.4, -0.2) is 51.1 Å². The van der Waals surface area contributed by atoms with Crippen LogP contribution in [0.4, 0.5) is 0 Å². The van der Waals surface area contributed by atoms with E-state index in [9.17, 15) is 0 Å². The fourth-order valence-corrected chi connectivity index (χ4v) is 1.08. The largest absolute Gasteiger partial charge is 0.391 e. The fourth-order valence-electron chi connectivity index (χ4n) is 1.08. The monoisotopic (exact) mass is 164 g/mol. The highest BCUT2D eigenvalue weighted by Crippen LogP contribution is 2.21. The molecule has 5 nitrogen and oxygen atoms in total. The average molecular weight is 164 g/mol. The quantitative estimate of drug-likeness (QED) is 0.353. The van der Waals surface area contributed by atoms with Crippen molar-refractivity contribution < 1.29 is 25.2 Å². The van der Waals surface area contributed by atoms with Crippen molar-refractivity contribution in [2.75, 3.05) is 0 Å². The highest BCUT2D eigenvalue weighted by atomic mass is 16.6. The Bertz CT molecular complexity index is 137. The average Bonchev–Trinajstić information content (AvgIpc) is 2.17. The summed E-state index contributed by atoms with van der Waals surface area (Å²) in [5.41, 5.74) is 0. The molecule has 1 fully saturated rings. The van der Waals surface area contributed by atoms with Gasteiger partial charge in [-0.25, -0.2) is 0 Å². The lowest BCUT2D eigenvalue weighted by Gasteiger charge is -2.16. The van der Waals surface area contributed by atoms with Crippen molar-refractivity contribution in [3.8, 4) is 0 Å². The van der Waals surface area contributed by atoms with Crippen LogP contribution in [0.3, 0.4) is 0 Å². The van der Waals surface area contributed by atoms with E-state index in [-0.39, 0.29) is 0 Å². The standard InChI is InChI=1S/C6H12O5/c1-2(7)5-3(8)4(9)6(10)11-5/h2-10H,1H3/t2-,3+,4-,5-,6+/m1/s1. The molecule has 1 saturated heterocycles. The SMILES string of the molecule is C[C@@H](O)[C@H]1O[C@H](O)[C@H](O)[C@@H]1O. The van der Waals surface area contributed by atoms with Crippen molar-refractivity contribution >= 4 is 0 Å². The summed E-state index contributed by atoms with van der Waals surface area (Å²) in [6, 6.07) is 0. The third kappa shape index (κ3) is 1.52. The number of ether oxygens (including phenoxy) is 1. The van der Waals surface area contributed by atoms with E-state index in [0.29, 0.717) is 0 Å². The molecule has 0 aliphatic carbocycles. The number of aliphatic hydroxyl groups is 4. The first-order chi connectivity index (χ1) is 5.04. The predicted molar refractivity (Wildman–Crippen MR) is 34.6 cm³/mol. The molecule has 0 aromatic rings. The fraction of sp³-hybridized carbons (Fsp3) is 1.00. The zero-order chi connectivity index (χ0) is 8.59. The van der Waals surface area contributed by atoms with Gasteiger partial charge in [0.2, 0.25) is 0 Å². The van der Waals surface area contributed by atoms with E-state index < -0.39 is 30.7 Å². The molecule has 0 unspecified atom stereocenters. The maximum atomic E-state index is 9.10. The van der Waals surface area contributed by atoms with E-state index in [1.165, 1.54) is 6.92 Å². The van der Waals surface area contributed by atoms with Crippen molar-refractivity contribution in [1.29, 1.82) is 0 Å². The topological polar surface area (TPSA) is 90.2 Å². The van der Waals surface area contributed by atoms with Gasteiger partial charge in [-0.3, -0.25) is 0 Å². The summed E-state index contributed by atoms with van der Waals surface area (Å²) < 4.78 is 4.65. The van der Waals surface area contributed by atoms with E-state index in [2.05, 4.69) is 4.74 Å². The van der Waals surface area contributed by atoms with Crippen LogP contribution in [0.15, 0.2) is 0 Å². The van der Waals surface area contributed by atoms with Crippen molar-refractivity contribution in [2.45, 2.75) is 37.6 Å². The minimum Gasteiger partial charge on any atom is -0.391 e. The van der Waals surface area contributed by atoms with Crippen LogP contribution in [-0.2, 0) is 4.74 Å². The van der Waals surface area contributed by atoms with Gasteiger partial charge in [0.25, 0.3) is 0 Å². The predicted octanol–water partition coefficient (Wildman–Crippen LogP) is -2.19. The molecule has 1 heterocycles. The van der Waals surface area contributed by atoms with Crippen LogP contribution in [0.5, 0.6) is 0 Å². The van der Waals surface area contributed by atoms with Crippen molar-refractivity contribution in [3.63, 3.8) is 0 Å². The Hall–Kier alpha value is -0.200. The Morgan fingerprint density at radius 1 is 1.18 bits per heavy atom. The molecule has 1 aliphatic rings. The third-order valence-electron chi connectivity index (χ3n) is 1.75. The van der Waals surface area contributed by atoms with Gasteiger partial charge in [-0.1, -0.05) is 0 Å². The van der Waals surface area contributed by atoms with Gasteiger partial charge in [-0.2, -0.15) is 0 Å². The smallest absolute Gasteiger partial charge is 0.184 e. The molecular formula is C6H12O5. The minimum atomic E-state index is -1.40. The first kappa shape index (κ1) is 8.89. The molecule has 1 rings (SSSR count). The molecule has 66 valence electrons. The Morgan fingerprint density at radius 2 is 1.73 bits per heavy atom. The lowest BCUT2D eigenvalue weighted by atomic mass is 10.1. The van der Waals surface area contributed by atoms with Crippen molar-refractivity contribution in [2.24, 2.45) is 0 Å². The molecule has 0 aromatic carbocycles. The van der Waals surface area contributed by atoms with Gasteiger partial charge in [0.15, 0.2) is 6.29 Å². The highest BCUT2D eigenvalue weighted by molar-refractivity contribution is 4.88. The highest BCUT2D eigenvalue weighted by Gasteiger charge is 2.43. The normalized spacial score (nSPS) is 47.7. The lowest BCUT2D eigenvalue weighted by molar-refractivity contribution is -0.143. The summed E-state index contributed by atoms with van der Waals surface area (Å²) in [6.45, 7) is 1.42. The second-order valence-electron chi connectivity index (χ2n) is 2.71. The zero-order valence-electron chi connectivity index (χ0n) is 6.08. The summed E-state index contributed by atoms with van der Waals surface area (Å²) in [5.74, 6) is 0. The number of aliphatic hydroxyl groups excluding tert-OH is 4. The van der Waals surface area contributed by atoms with Gasteiger partial charge in [0.05, 0.1) is 6.10 Å². The van der Waals surface area contributed by atoms with Crippen LogP contribution in [0.1, 0.15) is 6.92 Å². The van der Waals surface area contributed by atoms with Crippen molar-refractivity contribution in [1.82, 2.24) is 0 Å². The molecule has 0 aromatic heterocycles. The summed E-state index contributed by atoms with van der Waals surface area (Å²) >= 11 is 0. The van der Waals surface area contributed by atoms with Gasteiger partial charge in [0, 0.05) is 0 Å². The van der Waals surface area contributed by atoms with Crippen LogP contribution in [0.2, 0.25) is 0 Å². The second-order valence-corrected chi connectivity index (χ2v) is 2.71. The van der Waals surface area contributed by atoms with E-state index >= 15 is 0 Å². The Labute approximate surface area is 63.8 Å². The number of rotatable bonds is 1. The van der Waals surface area contributed by atoms with Crippen molar-refractivity contribution in [3.05, 3.63) is 0 Å². The maximum Gasteiger partial charge on any atom is 0.184 e. The van der Waals surface area contributed by atoms with Crippen LogP contribution in [0, 0.1) is 0 Å². The number of hydrogen-bond acceptors (Lipinski definition) is 5. The Kier molecular flexibility index (Phi) is 2.46. The summed E-state index contributed by atoms with van der Waals surface area (Å²) in [5, 5.41) is 35.8. The molecule has 5 heteroatoms. The zero-order valence-corrected chi connectivity index (χ0v) is 6.08. The molecule has 1 aliphatic heterocycles. The molecule has 5 atom stereocenters. The summed E-state index contributed by atoms with van der Waals surface area (Å²) in [6.07, 6.45) is -5.75. The molecule has 0 saturated carbocycles. The molecule has 0 amide bonds. The van der Waals surface area contributed by atoms with Crippen LogP contribution >= 0.6 is 0 Å². The lowest BCUT2D eigenvalue weighted by Crippen LogP contribution is -2.37. The molecular weight excluding hydrogens is 152 g/mol. The van der Waals surface area contributed by atoms with Gasteiger partial charge >= 0.3 is 0 Å². The van der Waals surface area contributed by atoms with Gasteiger partial charge in [-0.15, -0.1) is 0 Å². The summed E-state index contributed by atoms with van der Waals surface area (Å²) in [4.78, 5) is 0. The first-order valence-corrected chi connectivity index (χ1v) is 3.41. The molecule has 0 spiro atoms. The van der Waals surface area contributed by atoms with Crippen LogP contribution in [0.25, 0.3) is 0 Å². The van der Waals surface area contributed by atoms with Gasteiger partial charge in [-0.05, 0) is 6.92 Å². The van der Waals surface area contributed by atoms with E-state index in [1.807, 2.05) is 0 Å². The second kappa shape index (κ2) is 3.04. The Morgan fingerprint density at radius 3 is 1.91 bits per heavy atom. The first-order valence-electron chi connectivity index (χ1n) is 3.41. The number of hydrogen-bond donors (Lipinski definition) is 4. The minimum absolute atomic E-state index is 0.903. The molecule has 0 radical (unpaired) electrons. The van der Waals surface area contributed by atoms with Gasteiger partial charge < -0.3 is 25.2 Å². The Balaban J connectivity index is 2.59. The summed E-state index contributed by atoms with van der Waals surface area (Å²) in [7, 11) is 0. The molecule has 0 bridgehead atoms. The molecule has 11 heavy (non-hydrogen) atoms. The van der Waals surface area contributed by atoms with E-state index in [0.717, 1.165) is 0 Å². The molecule has 4 N–H and O–H groups in total. The maximum absolute atomic E-state index is 9.10. The van der Waals surface area contributed by atoms with Gasteiger partial charge in [0.1, 0.15) is 18.3 Å². The third-order valence-corrected chi connectivity index (χ3v) is 1.75.